The van der Waals surface area contributed by atoms with Gasteiger partial charge in [0.15, 0.2) is 5.96 Å². The zero-order valence-electron chi connectivity index (χ0n) is 17.6. The van der Waals surface area contributed by atoms with Gasteiger partial charge in [-0.05, 0) is 31.6 Å². The molecule has 0 aliphatic heterocycles. The topological polar surface area (TPSA) is 275 Å². The first kappa shape index (κ1) is 32.2. The molecule has 0 aliphatic rings. The van der Waals surface area contributed by atoms with E-state index in [1.807, 2.05) is 13.8 Å². The van der Waals surface area contributed by atoms with Gasteiger partial charge >= 0.3 is 17.9 Å². The van der Waals surface area contributed by atoms with Gasteiger partial charge in [-0.2, -0.15) is 0 Å². The molecule has 13 heteroatoms. The van der Waals surface area contributed by atoms with Crippen LogP contribution in [0.5, 0.6) is 0 Å². The van der Waals surface area contributed by atoms with E-state index < -0.39 is 36.0 Å². The van der Waals surface area contributed by atoms with Gasteiger partial charge in [-0.25, -0.2) is 0 Å². The van der Waals surface area contributed by atoms with Crippen molar-refractivity contribution in [3.63, 3.8) is 0 Å². The molecule has 0 fully saturated rings. The Morgan fingerprint density at radius 2 is 1.30 bits per heavy atom. The zero-order chi connectivity index (χ0) is 24.3. The van der Waals surface area contributed by atoms with Crippen LogP contribution >= 0.6 is 0 Å². The maximum atomic E-state index is 10.2. The fourth-order valence-corrected chi connectivity index (χ4v) is 1.57. The standard InChI is InChI=1S/C6H14N4O2.C6H13NO2.C5H11NO3/c7-4(5(11)12)2-1-3-10-6(8)9;1-3-4(2)5(7)6(8)9;6-4(5(8)9)2-1-3-7/h4H,1-3,7H2,(H,11,12)(H4,8,9,10);4-5H,3,7H2,1-2H3,(H,8,9);4,7H,1-3,6H2,(H,8,9)/t4-;4-,5-;4-/m000/s1. The van der Waals surface area contributed by atoms with E-state index >= 15 is 0 Å². The first-order chi connectivity index (χ1) is 13.8. The van der Waals surface area contributed by atoms with Crippen LogP contribution in [0, 0.1) is 5.92 Å². The van der Waals surface area contributed by atoms with Gasteiger partial charge in [-0.3, -0.25) is 19.4 Å². The van der Waals surface area contributed by atoms with Gasteiger partial charge in [-0.15, -0.1) is 0 Å². The number of aliphatic imine (C=N–C) groups is 1. The summed E-state index contributed by atoms with van der Waals surface area (Å²) in [7, 11) is 0. The monoisotopic (exact) mass is 438 g/mol. The maximum absolute atomic E-state index is 10.2. The summed E-state index contributed by atoms with van der Waals surface area (Å²) in [6.45, 7) is 4.18. The highest BCUT2D eigenvalue weighted by molar-refractivity contribution is 5.75. The highest BCUT2D eigenvalue weighted by atomic mass is 16.4. The number of hydrogen-bond donors (Lipinski definition) is 9. The lowest BCUT2D eigenvalue weighted by Gasteiger charge is -2.11. The smallest absolute Gasteiger partial charge is 0.320 e. The summed E-state index contributed by atoms with van der Waals surface area (Å²) in [6.07, 6.45) is 2.56. The van der Waals surface area contributed by atoms with Crippen LogP contribution in [0.25, 0.3) is 0 Å². The molecule has 0 unspecified atom stereocenters. The Kier molecular flexibility index (Phi) is 21.3. The molecule has 0 aromatic heterocycles. The van der Waals surface area contributed by atoms with Crippen molar-refractivity contribution in [3.8, 4) is 0 Å². The Labute approximate surface area is 176 Å². The first-order valence-corrected chi connectivity index (χ1v) is 9.43. The Morgan fingerprint density at radius 3 is 1.57 bits per heavy atom. The number of nitrogens with zero attached hydrogens (tertiary/aromatic N) is 1. The molecule has 14 N–H and O–H groups in total. The third-order valence-corrected chi connectivity index (χ3v) is 3.82. The molecule has 0 spiro atoms. The number of carboxylic acid groups (broad SMARTS) is 3. The van der Waals surface area contributed by atoms with Crippen molar-refractivity contribution in [2.24, 2.45) is 39.6 Å². The number of nitrogens with two attached hydrogens (primary N) is 5. The van der Waals surface area contributed by atoms with Crippen LogP contribution in [0.4, 0.5) is 0 Å². The van der Waals surface area contributed by atoms with Crippen LogP contribution in [-0.2, 0) is 14.4 Å². The quantitative estimate of drug-likeness (QED) is 0.0914. The second-order valence-corrected chi connectivity index (χ2v) is 6.45. The zero-order valence-corrected chi connectivity index (χ0v) is 17.6. The van der Waals surface area contributed by atoms with Crippen molar-refractivity contribution in [1.82, 2.24) is 0 Å². The molecular formula is C17H38N6O7. The third-order valence-electron chi connectivity index (χ3n) is 3.82. The van der Waals surface area contributed by atoms with Crippen LogP contribution in [0.1, 0.15) is 46.0 Å². The molecule has 0 saturated heterocycles. The summed E-state index contributed by atoms with van der Waals surface area (Å²) in [5.41, 5.74) is 25.7. The summed E-state index contributed by atoms with van der Waals surface area (Å²) in [6, 6.07) is -2.34. The number of aliphatic hydroxyl groups excluding tert-OH is 1. The Hall–Kier alpha value is -2.48. The number of guanidine groups is 1. The van der Waals surface area contributed by atoms with Crippen molar-refractivity contribution >= 4 is 23.9 Å². The van der Waals surface area contributed by atoms with Gasteiger partial charge in [0, 0.05) is 13.2 Å². The van der Waals surface area contributed by atoms with Gasteiger partial charge in [0.2, 0.25) is 0 Å². The highest BCUT2D eigenvalue weighted by Crippen LogP contribution is 2.04. The molecule has 0 aromatic rings. The Bertz CT molecular complexity index is 515. The molecule has 0 aromatic carbocycles. The number of aliphatic hydroxyl groups is 1. The van der Waals surface area contributed by atoms with E-state index in [0.29, 0.717) is 32.2 Å². The van der Waals surface area contributed by atoms with E-state index in [0.717, 1.165) is 6.42 Å². The predicted molar refractivity (Wildman–Crippen MR) is 113 cm³/mol. The lowest BCUT2D eigenvalue weighted by molar-refractivity contribution is -0.140. The molecule has 4 atom stereocenters. The van der Waals surface area contributed by atoms with Gasteiger partial charge in [0.25, 0.3) is 0 Å². The largest absolute Gasteiger partial charge is 0.480 e. The number of carbonyl (C=O) groups is 3. The van der Waals surface area contributed by atoms with Crippen LogP contribution in [0.3, 0.4) is 0 Å². The highest BCUT2D eigenvalue weighted by Gasteiger charge is 2.17. The summed E-state index contributed by atoms with van der Waals surface area (Å²) in [5.74, 6) is -2.84. The van der Waals surface area contributed by atoms with Crippen molar-refractivity contribution in [1.29, 1.82) is 0 Å². The summed E-state index contributed by atoms with van der Waals surface area (Å²) < 4.78 is 0. The number of rotatable bonds is 12. The van der Waals surface area contributed by atoms with Gasteiger partial charge in [0.05, 0.1) is 0 Å². The second-order valence-electron chi connectivity index (χ2n) is 6.45. The molecule has 0 heterocycles. The SMILES string of the molecule is CC[C@H](C)[C@H](N)C(=O)O.NC(N)=NCCC[C@H](N)C(=O)O.N[C@@H](CCCO)C(=O)O. The molecule has 30 heavy (non-hydrogen) atoms. The van der Waals surface area contributed by atoms with Crippen LogP contribution in [-0.4, -0.2) is 75.6 Å². The molecule has 0 bridgehead atoms. The minimum absolute atomic E-state index is 0.000972. The minimum Gasteiger partial charge on any atom is -0.480 e. The Morgan fingerprint density at radius 1 is 0.867 bits per heavy atom. The predicted octanol–water partition coefficient (Wildman–Crippen LogP) is -1.93. The second kappa shape index (κ2) is 19.8. The first-order valence-electron chi connectivity index (χ1n) is 9.43. The minimum atomic E-state index is -1.01. The molecule has 0 rings (SSSR count). The fourth-order valence-electron chi connectivity index (χ4n) is 1.57. The number of aliphatic carboxylic acids is 3. The van der Waals surface area contributed by atoms with Gasteiger partial charge < -0.3 is 49.1 Å². The maximum Gasteiger partial charge on any atom is 0.320 e. The summed E-state index contributed by atoms with van der Waals surface area (Å²) >= 11 is 0. The lowest BCUT2D eigenvalue weighted by atomic mass is 10.0. The van der Waals surface area contributed by atoms with E-state index in [1.165, 1.54) is 0 Å². The summed E-state index contributed by atoms with van der Waals surface area (Å²) in [4.78, 5) is 34.1. The van der Waals surface area contributed by atoms with E-state index in [9.17, 15) is 14.4 Å². The van der Waals surface area contributed by atoms with Crippen LogP contribution in [0.15, 0.2) is 4.99 Å². The lowest BCUT2D eigenvalue weighted by Crippen LogP contribution is -2.36. The van der Waals surface area contributed by atoms with Crippen LogP contribution < -0.4 is 28.7 Å². The number of hydrogen-bond acceptors (Lipinski definition) is 8. The van der Waals surface area contributed by atoms with Gasteiger partial charge in [-0.1, -0.05) is 20.3 Å². The van der Waals surface area contributed by atoms with E-state index in [4.69, 9.17) is 49.1 Å². The molecule has 178 valence electrons. The summed E-state index contributed by atoms with van der Waals surface area (Å²) in [5, 5.41) is 33.2. The van der Waals surface area contributed by atoms with Crippen molar-refractivity contribution in [2.75, 3.05) is 13.2 Å². The van der Waals surface area contributed by atoms with E-state index in [2.05, 4.69) is 4.99 Å². The van der Waals surface area contributed by atoms with Gasteiger partial charge in [0.1, 0.15) is 18.1 Å². The molecule has 0 radical (unpaired) electrons. The van der Waals surface area contributed by atoms with Crippen LogP contribution in [0.2, 0.25) is 0 Å². The molecule has 0 aliphatic carbocycles. The van der Waals surface area contributed by atoms with E-state index in [1.54, 1.807) is 0 Å². The van der Waals surface area contributed by atoms with Crippen molar-refractivity contribution < 1.29 is 34.8 Å². The fraction of sp³-hybridized carbons (Fsp3) is 0.765. The van der Waals surface area contributed by atoms with Crippen molar-refractivity contribution in [2.45, 2.75) is 64.1 Å². The molecule has 13 nitrogen and oxygen atoms in total. The Balaban J connectivity index is -0.000000371. The third kappa shape index (κ3) is 21.8. The van der Waals surface area contributed by atoms with Crippen molar-refractivity contribution in [3.05, 3.63) is 0 Å². The number of carboxylic acids is 3. The molecule has 0 saturated carbocycles. The average molecular weight is 439 g/mol. The van der Waals surface area contributed by atoms with E-state index in [-0.39, 0.29) is 18.5 Å². The normalized spacial score (nSPS) is 13.8. The average Bonchev–Trinajstić information content (AvgIpc) is 2.68. The molecule has 0 amide bonds. The molecular weight excluding hydrogens is 400 g/mol.